The van der Waals surface area contributed by atoms with E-state index in [4.69, 9.17) is 9.84 Å². The highest BCUT2D eigenvalue weighted by Crippen LogP contribution is 2.34. The first-order chi connectivity index (χ1) is 6.21. The third-order valence-corrected chi connectivity index (χ3v) is 2.65. The van der Waals surface area contributed by atoms with E-state index >= 15 is 0 Å². The Bertz CT molecular complexity index is 202. The number of carboxylic acids is 1. The van der Waals surface area contributed by atoms with Gasteiger partial charge in [0.2, 0.25) is 0 Å². The van der Waals surface area contributed by atoms with Crippen molar-refractivity contribution >= 4 is 5.97 Å². The predicted molar refractivity (Wildman–Crippen MR) is 49.6 cm³/mol. The number of aliphatic carboxylic acids is 1. The molecular weight excluding hydrogens is 168 g/mol. The van der Waals surface area contributed by atoms with Crippen molar-refractivity contribution in [2.45, 2.75) is 26.2 Å². The van der Waals surface area contributed by atoms with Gasteiger partial charge in [-0.3, -0.25) is 4.79 Å². The van der Waals surface area contributed by atoms with Crippen molar-refractivity contribution in [1.82, 2.24) is 0 Å². The van der Waals surface area contributed by atoms with Crippen molar-refractivity contribution < 1.29 is 14.6 Å². The van der Waals surface area contributed by atoms with Crippen LogP contribution in [0, 0.1) is 5.41 Å². The lowest BCUT2D eigenvalue weighted by Crippen LogP contribution is -2.36. The summed E-state index contributed by atoms with van der Waals surface area (Å²) in [5.74, 6) is -0.686. The molecule has 0 atom stereocenters. The van der Waals surface area contributed by atoms with Crippen LogP contribution in [0.3, 0.4) is 0 Å². The number of ether oxygens (including phenoxy) is 1. The standard InChI is InChI=1S/C10H16O3/c1-2-3-4-10(9(11)12)5-7-13-8-6-10/h2-3H,4-8H2,1H3,(H,11,12). The number of hydrogen-bond donors (Lipinski definition) is 1. The van der Waals surface area contributed by atoms with Gasteiger partial charge in [-0.25, -0.2) is 0 Å². The van der Waals surface area contributed by atoms with Gasteiger partial charge >= 0.3 is 5.97 Å². The lowest BCUT2D eigenvalue weighted by molar-refractivity contribution is -0.154. The number of hydrogen-bond acceptors (Lipinski definition) is 2. The van der Waals surface area contributed by atoms with Gasteiger partial charge in [0.05, 0.1) is 5.41 Å². The zero-order chi connectivity index (χ0) is 9.73. The van der Waals surface area contributed by atoms with Crippen molar-refractivity contribution in [2.24, 2.45) is 5.41 Å². The molecule has 3 nitrogen and oxygen atoms in total. The van der Waals surface area contributed by atoms with Crippen LogP contribution in [0.25, 0.3) is 0 Å². The largest absolute Gasteiger partial charge is 0.481 e. The zero-order valence-corrected chi connectivity index (χ0v) is 7.95. The molecule has 0 saturated carbocycles. The lowest BCUT2D eigenvalue weighted by atomic mass is 9.77. The summed E-state index contributed by atoms with van der Waals surface area (Å²) in [6.45, 7) is 3.06. The average molecular weight is 184 g/mol. The molecule has 0 aromatic rings. The van der Waals surface area contributed by atoms with Crippen LogP contribution in [-0.2, 0) is 9.53 Å². The monoisotopic (exact) mass is 184 g/mol. The Morgan fingerprint density at radius 3 is 2.62 bits per heavy atom. The molecule has 0 aromatic carbocycles. The van der Waals surface area contributed by atoms with Gasteiger partial charge < -0.3 is 9.84 Å². The molecule has 1 saturated heterocycles. The maximum Gasteiger partial charge on any atom is 0.310 e. The first-order valence-electron chi connectivity index (χ1n) is 4.63. The van der Waals surface area contributed by atoms with E-state index in [1.807, 2.05) is 19.1 Å². The van der Waals surface area contributed by atoms with Crippen LogP contribution in [0.2, 0.25) is 0 Å². The molecule has 13 heavy (non-hydrogen) atoms. The first-order valence-corrected chi connectivity index (χ1v) is 4.63. The molecule has 3 heteroatoms. The van der Waals surface area contributed by atoms with Crippen LogP contribution in [0.1, 0.15) is 26.2 Å². The second-order valence-electron chi connectivity index (χ2n) is 3.47. The van der Waals surface area contributed by atoms with Gasteiger partial charge in [0.25, 0.3) is 0 Å². The molecule has 1 aliphatic heterocycles. The van der Waals surface area contributed by atoms with E-state index < -0.39 is 11.4 Å². The summed E-state index contributed by atoms with van der Waals surface area (Å²) in [5.41, 5.74) is -0.565. The third kappa shape index (κ3) is 2.31. The highest BCUT2D eigenvalue weighted by Gasteiger charge is 2.38. The molecule has 1 rings (SSSR count). The van der Waals surface area contributed by atoms with Crippen LogP contribution < -0.4 is 0 Å². The van der Waals surface area contributed by atoms with Gasteiger partial charge in [0.1, 0.15) is 0 Å². The van der Waals surface area contributed by atoms with E-state index in [-0.39, 0.29) is 0 Å². The van der Waals surface area contributed by atoms with E-state index in [9.17, 15) is 4.79 Å². The first kappa shape index (κ1) is 10.3. The summed E-state index contributed by atoms with van der Waals surface area (Å²) in [5, 5.41) is 9.13. The summed E-state index contributed by atoms with van der Waals surface area (Å²) >= 11 is 0. The molecule has 1 heterocycles. The Labute approximate surface area is 78.4 Å². The van der Waals surface area contributed by atoms with E-state index in [0.717, 1.165) is 0 Å². The van der Waals surface area contributed by atoms with Crippen molar-refractivity contribution in [1.29, 1.82) is 0 Å². The SMILES string of the molecule is CC=CCC1(C(=O)O)CCOCC1. The van der Waals surface area contributed by atoms with Crippen molar-refractivity contribution in [2.75, 3.05) is 13.2 Å². The lowest BCUT2D eigenvalue weighted by Gasteiger charge is -2.32. The molecule has 1 aliphatic rings. The Morgan fingerprint density at radius 2 is 2.15 bits per heavy atom. The molecule has 0 aromatic heterocycles. The third-order valence-electron chi connectivity index (χ3n) is 2.65. The van der Waals surface area contributed by atoms with Gasteiger partial charge in [-0.2, -0.15) is 0 Å². The minimum Gasteiger partial charge on any atom is -0.481 e. The van der Waals surface area contributed by atoms with Crippen LogP contribution in [0.5, 0.6) is 0 Å². The molecule has 0 amide bonds. The van der Waals surface area contributed by atoms with Crippen LogP contribution in [0.15, 0.2) is 12.2 Å². The maximum atomic E-state index is 11.1. The van der Waals surface area contributed by atoms with E-state index in [0.29, 0.717) is 32.5 Å². The number of carboxylic acid groups (broad SMARTS) is 1. The molecule has 0 spiro atoms. The van der Waals surface area contributed by atoms with Gasteiger partial charge in [-0.1, -0.05) is 12.2 Å². The Kier molecular flexibility index (Phi) is 3.48. The van der Waals surface area contributed by atoms with Gasteiger partial charge in [0, 0.05) is 13.2 Å². The second kappa shape index (κ2) is 4.42. The van der Waals surface area contributed by atoms with Crippen LogP contribution >= 0.6 is 0 Å². The molecular formula is C10H16O3. The normalized spacial score (nSPS) is 21.9. The summed E-state index contributed by atoms with van der Waals surface area (Å²) in [6, 6.07) is 0. The number of rotatable bonds is 3. The second-order valence-corrected chi connectivity index (χ2v) is 3.47. The fourth-order valence-electron chi connectivity index (χ4n) is 1.61. The smallest absolute Gasteiger partial charge is 0.310 e. The number of carbonyl (C=O) groups is 1. The van der Waals surface area contributed by atoms with Crippen LogP contribution in [-0.4, -0.2) is 24.3 Å². The summed E-state index contributed by atoms with van der Waals surface area (Å²) in [4.78, 5) is 11.1. The van der Waals surface area contributed by atoms with Crippen molar-refractivity contribution in [3.8, 4) is 0 Å². The van der Waals surface area contributed by atoms with E-state index in [1.54, 1.807) is 0 Å². The topological polar surface area (TPSA) is 46.5 Å². The quantitative estimate of drug-likeness (QED) is 0.681. The minimum atomic E-state index is -0.686. The Balaban J connectivity index is 2.67. The molecule has 0 radical (unpaired) electrons. The maximum absolute atomic E-state index is 11.1. The molecule has 1 fully saturated rings. The van der Waals surface area contributed by atoms with Gasteiger partial charge in [-0.05, 0) is 26.2 Å². The Morgan fingerprint density at radius 1 is 1.54 bits per heavy atom. The zero-order valence-electron chi connectivity index (χ0n) is 7.95. The number of allylic oxidation sites excluding steroid dienone is 2. The van der Waals surface area contributed by atoms with Gasteiger partial charge in [-0.15, -0.1) is 0 Å². The predicted octanol–water partition coefficient (Wildman–Crippen LogP) is 1.83. The molecule has 1 N–H and O–H groups in total. The summed E-state index contributed by atoms with van der Waals surface area (Å²) < 4.78 is 5.17. The minimum absolute atomic E-state index is 0.565. The van der Waals surface area contributed by atoms with Crippen molar-refractivity contribution in [3.05, 3.63) is 12.2 Å². The van der Waals surface area contributed by atoms with Gasteiger partial charge in [0.15, 0.2) is 0 Å². The molecule has 0 bridgehead atoms. The molecule has 74 valence electrons. The fourth-order valence-corrected chi connectivity index (χ4v) is 1.61. The highest BCUT2D eigenvalue weighted by molar-refractivity contribution is 5.75. The van der Waals surface area contributed by atoms with E-state index in [1.165, 1.54) is 0 Å². The summed E-state index contributed by atoms with van der Waals surface area (Å²) in [7, 11) is 0. The Hall–Kier alpha value is -0.830. The highest BCUT2D eigenvalue weighted by atomic mass is 16.5. The van der Waals surface area contributed by atoms with Crippen molar-refractivity contribution in [3.63, 3.8) is 0 Å². The molecule has 0 aliphatic carbocycles. The molecule has 0 unspecified atom stereocenters. The average Bonchev–Trinajstić information content (AvgIpc) is 2.16. The summed E-state index contributed by atoms with van der Waals surface area (Å²) in [6.07, 6.45) is 5.72. The van der Waals surface area contributed by atoms with Crippen LogP contribution in [0.4, 0.5) is 0 Å². The fraction of sp³-hybridized carbons (Fsp3) is 0.700. The van der Waals surface area contributed by atoms with E-state index in [2.05, 4.69) is 0 Å².